The van der Waals surface area contributed by atoms with Crippen LogP contribution in [0, 0.1) is 0 Å². The Balaban J connectivity index is 2.57. The number of urea groups is 1. The van der Waals surface area contributed by atoms with Crippen LogP contribution in [0.15, 0.2) is 24.3 Å². The van der Waals surface area contributed by atoms with Gasteiger partial charge in [-0.15, -0.1) is 0 Å². The summed E-state index contributed by atoms with van der Waals surface area (Å²) in [7, 11) is 1.17. The van der Waals surface area contributed by atoms with Crippen LogP contribution in [0.3, 0.4) is 0 Å². The van der Waals surface area contributed by atoms with Gasteiger partial charge in [-0.3, -0.25) is 4.79 Å². The predicted molar refractivity (Wildman–Crippen MR) is 71.8 cm³/mol. The molecule has 1 atom stereocenters. The topological polar surface area (TPSA) is 125 Å². The average Bonchev–Trinajstić information content (AvgIpc) is 2.46. The lowest BCUT2D eigenvalue weighted by molar-refractivity contribution is -0.139. The molecule has 0 aliphatic rings. The first-order valence-corrected chi connectivity index (χ1v) is 6.04. The lowest BCUT2D eigenvalue weighted by Gasteiger charge is -2.15. The number of esters is 1. The Bertz CT molecular complexity index is 514. The number of nitrogens with one attached hydrogen (secondary N) is 2. The van der Waals surface area contributed by atoms with Crippen molar-refractivity contribution in [3.63, 3.8) is 0 Å². The number of phenols is 1. The van der Waals surface area contributed by atoms with E-state index in [4.69, 9.17) is 10.2 Å². The molecule has 0 aliphatic heterocycles. The van der Waals surface area contributed by atoms with Crippen molar-refractivity contribution in [2.45, 2.75) is 12.5 Å². The number of aliphatic carboxylic acids is 1. The van der Waals surface area contributed by atoms with Crippen LogP contribution >= 0.6 is 0 Å². The third-order valence-electron chi connectivity index (χ3n) is 2.60. The zero-order valence-corrected chi connectivity index (χ0v) is 11.3. The number of hydrogen-bond acceptors (Lipinski definition) is 5. The number of carboxylic acid groups (broad SMARTS) is 1. The van der Waals surface area contributed by atoms with Crippen LogP contribution in [0.4, 0.5) is 4.79 Å². The van der Waals surface area contributed by atoms with Crippen LogP contribution in [-0.2, 0) is 20.7 Å². The third-order valence-corrected chi connectivity index (χ3v) is 2.60. The Hall–Kier alpha value is -2.77. The van der Waals surface area contributed by atoms with Crippen molar-refractivity contribution in [3.05, 3.63) is 29.8 Å². The molecule has 0 aromatic heterocycles. The number of carboxylic acids is 1. The highest BCUT2D eigenvalue weighted by Crippen LogP contribution is 2.11. The fourth-order valence-corrected chi connectivity index (χ4v) is 1.50. The molecule has 0 saturated carbocycles. The van der Waals surface area contributed by atoms with Crippen molar-refractivity contribution < 1.29 is 29.3 Å². The monoisotopic (exact) mass is 296 g/mol. The number of amides is 2. The van der Waals surface area contributed by atoms with Gasteiger partial charge in [-0.1, -0.05) is 12.1 Å². The minimum Gasteiger partial charge on any atom is -0.508 e. The molecule has 1 aromatic carbocycles. The van der Waals surface area contributed by atoms with Gasteiger partial charge in [-0.2, -0.15) is 0 Å². The number of carbonyl (C=O) groups is 3. The molecule has 0 fully saturated rings. The molecule has 114 valence electrons. The number of aromatic hydroxyl groups is 1. The first kappa shape index (κ1) is 16.3. The maximum atomic E-state index is 11.5. The van der Waals surface area contributed by atoms with Crippen LogP contribution in [0.5, 0.6) is 5.75 Å². The first-order chi connectivity index (χ1) is 9.92. The Morgan fingerprint density at radius 3 is 2.38 bits per heavy atom. The molecule has 8 nitrogen and oxygen atoms in total. The van der Waals surface area contributed by atoms with E-state index in [-0.39, 0.29) is 18.7 Å². The number of carbonyl (C=O) groups excluding carboxylic acids is 2. The van der Waals surface area contributed by atoms with Gasteiger partial charge in [0.25, 0.3) is 0 Å². The summed E-state index contributed by atoms with van der Waals surface area (Å²) in [5.74, 6) is -1.79. The van der Waals surface area contributed by atoms with E-state index < -0.39 is 24.0 Å². The van der Waals surface area contributed by atoms with Crippen LogP contribution in [-0.4, -0.2) is 47.9 Å². The Morgan fingerprint density at radius 2 is 1.86 bits per heavy atom. The second-order valence-electron chi connectivity index (χ2n) is 4.16. The first-order valence-electron chi connectivity index (χ1n) is 6.04. The quantitative estimate of drug-likeness (QED) is 0.541. The number of methoxy groups -OCH3 is 1. The smallest absolute Gasteiger partial charge is 0.326 e. The number of benzene rings is 1. The standard InChI is InChI=1S/C13H16N2O6/c1-21-11(17)7-14-13(20)15-10(12(18)19)6-8-2-4-9(16)5-3-8/h2-5,10,16H,6-7H2,1H3,(H,18,19)(H2,14,15,20). The van der Waals surface area contributed by atoms with Crippen molar-refractivity contribution in [3.8, 4) is 5.75 Å². The van der Waals surface area contributed by atoms with Crippen molar-refractivity contribution >= 4 is 18.0 Å². The van der Waals surface area contributed by atoms with E-state index in [1.165, 1.54) is 19.2 Å². The van der Waals surface area contributed by atoms with Crippen molar-refractivity contribution in [2.24, 2.45) is 0 Å². The largest absolute Gasteiger partial charge is 0.508 e. The summed E-state index contributed by atoms with van der Waals surface area (Å²) >= 11 is 0. The molecule has 0 bridgehead atoms. The lowest BCUT2D eigenvalue weighted by Crippen LogP contribution is -2.48. The van der Waals surface area contributed by atoms with Gasteiger partial charge in [0.15, 0.2) is 0 Å². The molecule has 8 heteroatoms. The highest BCUT2D eigenvalue weighted by Gasteiger charge is 2.20. The van der Waals surface area contributed by atoms with Crippen LogP contribution in [0.25, 0.3) is 0 Å². The predicted octanol–water partition coefficient (Wildman–Crippen LogP) is -0.140. The van der Waals surface area contributed by atoms with E-state index in [2.05, 4.69) is 15.4 Å². The summed E-state index contributed by atoms with van der Waals surface area (Å²) in [5, 5.41) is 22.7. The maximum absolute atomic E-state index is 11.5. The Labute approximate surface area is 120 Å². The van der Waals surface area contributed by atoms with E-state index in [0.29, 0.717) is 5.56 Å². The number of hydrogen-bond donors (Lipinski definition) is 4. The van der Waals surface area contributed by atoms with E-state index in [1.807, 2.05) is 0 Å². The van der Waals surface area contributed by atoms with E-state index >= 15 is 0 Å². The molecule has 0 saturated heterocycles. The van der Waals surface area contributed by atoms with Crippen molar-refractivity contribution in [2.75, 3.05) is 13.7 Å². The highest BCUT2D eigenvalue weighted by molar-refractivity contribution is 5.85. The third kappa shape index (κ3) is 5.81. The minimum absolute atomic E-state index is 0.0429. The fraction of sp³-hybridized carbons (Fsp3) is 0.308. The molecular weight excluding hydrogens is 280 g/mol. The molecule has 1 aromatic rings. The summed E-state index contributed by atoms with van der Waals surface area (Å²) in [5.41, 5.74) is 0.633. The zero-order chi connectivity index (χ0) is 15.8. The van der Waals surface area contributed by atoms with Gasteiger partial charge in [0.1, 0.15) is 18.3 Å². The molecule has 21 heavy (non-hydrogen) atoms. The zero-order valence-electron chi connectivity index (χ0n) is 11.3. The molecule has 0 aliphatic carbocycles. The van der Waals surface area contributed by atoms with Gasteiger partial charge in [0.2, 0.25) is 0 Å². The van der Waals surface area contributed by atoms with E-state index in [0.717, 1.165) is 0 Å². The molecule has 0 radical (unpaired) electrons. The van der Waals surface area contributed by atoms with Gasteiger partial charge in [0.05, 0.1) is 7.11 Å². The average molecular weight is 296 g/mol. The maximum Gasteiger partial charge on any atom is 0.326 e. The summed E-state index contributed by atoms with van der Waals surface area (Å²) in [4.78, 5) is 33.5. The molecule has 4 N–H and O–H groups in total. The van der Waals surface area contributed by atoms with Crippen molar-refractivity contribution in [1.29, 1.82) is 0 Å². The van der Waals surface area contributed by atoms with Gasteiger partial charge >= 0.3 is 18.0 Å². The normalized spacial score (nSPS) is 11.3. The van der Waals surface area contributed by atoms with Gasteiger partial charge in [-0.25, -0.2) is 9.59 Å². The Morgan fingerprint density at radius 1 is 1.24 bits per heavy atom. The number of ether oxygens (including phenoxy) is 1. The second kappa shape index (κ2) is 7.73. The van der Waals surface area contributed by atoms with Crippen LogP contribution < -0.4 is 10.6 Å². The van der Waals surface area contributed by atoms with Gasteiger partial charge < -0.3 is 25.6 Å². The van der Waals surface area contributed by atoms with E-state index in [1.54, 1.807) is 12.1 Å². The summed E-state index contributed by atoms with van der Waals surface area (Å²) in [6.07, 6.45) is 0.0429. The Kier molecular flexibility index (Phi) is 5.99. The summed E-state index contributed by atoms with van der Waals surface area (Å²) in [6.45, 7) is -0.353. The molecule has 1 unspecified atom stereocenters. The minimum atomic E-state index is -1.21. The molecule has 0 spiro atoms. The molecule has 0 heterocycles. The second-order valence-corrected chi connectivity index (χ2v) is 4.16. The summed E-state index contributed by atoms with van der Waals surface area (Å²) < 4.78 is 4.34. The van der Waals surface area contributed by atoms with Crippen LogP contribution in [0.2, 0.25) is 0 Å². The number of phenolic OH excluding ortho intramolecular Hbond substituents is 1. The van der Waals surface area contributed by atoms with E-state index in [9.17, 15) is 14.4 Å². The lowest BCUT2D eigenvalue weighted by atomic mass is 10.1. The fourth-order valence-electron chi connectivity index (χ4n) is 1.50. The highest BCUT2D eigenvalue weighted by atomic mass is 16.5. The number of rotatable bonds is 6. The SMILES string of the molecule is COC(=O)CNC(=O)NC(Cc1ccc(O)cc1)C(=O)O. The molecule has 2 amide bonds. The molecular formula is C13H16N2O6. The van der Waals surface area contributed by atoms with Crippen LogP contribution in [0.1, 0.15) is 5.56 Å². The molecule has 1 rings (SSSR count). The summed E-state index contributed by atoms with van der Waals surface area (Å²) in [6, 6.07) is 4.01. The van der Waals surface area contributed by atoms with Gasteiger partial charge in [0, 0.05) is 6.42 Å². The van der Waals surface area contributed by atoms with Gasteiger partial charge in [-0.05, 0) is 17.7 Å². The van der Waals surface area contributed by atoms with Crippen molar-refractivity contribution in [1.82, 2.24) is 10.6 Å².